The maximum Gasteiger partial charge on any atom is 0.417 e. The standard InChI is InChI=1S/C18H17F3N4O/c1-11-8-14(18(19,20)21)16-12(2)24-25(17(16)23-11)10-15(26)22-9-13-6-4-3-5-7-13/h3-8H,9-10H2,1-2H3,(H,22,26). The molecule has 0 unspecified atom stereocenters. The molecule has 0 spiro atoms. The number of nitrogens with one attached hydrogen (secondary N) is 1. The van der Waals surface area contributed by atoms with Gasteiger partial charge < -0.3 is 5.32 Å². The van der Waals surface area contributed by atoms with Crippen molar-refractivity contribution in [1.29, 1.82) is 0 Å². The summed E-state index contributed by atoms with van der Waals surface area (Å²) in [7, 11) is 0. The average Bonchev–Trinajstić information content (AvgIpc) is 2.88. The zero-order chi connectivity index (χ0) is 18.9. The Labute approximate surface area is 147 Å². The Morgan fingerprint density at radius 2 is 1.88 bits per heavy atom. The van der Waals surface area contributed by atoms with Gasteiger partial charge in [0.2, 0.25) is 5.91 Å². The van der Waals surface area contributed by atoms with E-state index in [4.69, 9.17) is 0 Å². The lowest BCUT2D eigenvalue weighted by molar-refractivity contribution is -0.136. The minimum Gasteiger partial charge on any atom is -0.350 e. The first kappa shape index (κ1) is 17.9. The SMILES string of the molecule is Cc1cc(C(F)(F)F)c2c(C)nn(CC(=O)NCc3ccccc3)c2n1. The molecule has 1 amide bonds. The molecular formula is C18H17F3N4O. The van der Waals surface area contributed by atoms with Gasteiger partial charge in [-0.2, -0.15) is 18.3 Å². The number of fused-ring (bicyclic) bond motifs is 1. The van der Waals surface area contributed by atoms with Gasteiger partial charge in [0.25, 0.3) is 0 Å². The molecule has 0 aliphatic carbocycles. The van der Waals surface area contributed by atoms with Crippen molar-refractivity contribution < 1.29 is 18.0 Å². The molecule has 136 valence electrons. The van der Waals surface area contributed by atoms with Crippen LogP contribution in [0.4, 0.5) is 13.2 Å². The minimum absolute atomic E-state index is 0.0599. The van der Waals surface area contributed by atoms with Gasteiger partial charge in [-0.25, -0.2) is 9.67 Å². The van der Waals surface area contributed by atoms with E-state index in [0.29, 0.717) is 6.54 Å². The van der Waals surface area contributed by atoms with Gasteiger partial charge in [0, 0.05) is 12.2 Å². The number of aryl methyl sites for hydroxylation is 2. The van der Waals surface area contributed by atoms with E-state index in [2.05, 4.69) is 15.4 Å². The normalized spacial score (nSPS) is 11.7. The molecule has 3 aromatic rings. The second-order valence-corrected chi connectivity index (χ2v) is 6.01. The van der Waals surface area contributed by atoms with Crippen LogP contribution >= 0.6 is 0 Å². The summed E-state index contributed by atoms with van der Waals surface area (Å²) in [5, 5.41) is 6.75. The number of pyridine rings is 1. The van der Waals surface area contributed by atoms with E-state index in [1.54, 1.807) is 0 Å². The summed E-state index contributed by atoms with van der Waals surface area (Å²) in [5.41, 5.74) is 0.611. The van der Waals surface area contributed by atoms with Crippen molar-refractivity contribution >= 4 is 16.9 Å². The second-order valence-electron chi connectivity index (χ2n) is 6.01. The molecule has 0 bridgehead atoms. The summed E-state index contributed by atoms with van der Waals surface area (Å²) in [6.07, 6.45) is -4.51. The molecule has 0 aliphatic rings. The Bertz CT molecular complexity index is 948. The Kier molecular flexibility index (Phi) is 4.67. The van der Waals surface area contributed by atoms with Crippen LogP contribution in [0.3, 0.4) is 0 Å². The topological polar surface area (TPSA) is 59.8 Å². The molecule has 1 aromatic carbocycles. The minimum atomic E-state index is -4.51. The van der Waals surface area contributed by atoms with Crippen LogP contribution in [0.5, 0.6) is 0 Å². The lowest BCUT2D eigenvalue weighted by atomic mass is 10.1. The van der Waals surface area contributed by atoms with Gasteiger partial charge in [0.05, 0.1) is 16.6 Å². The summed E-state index contributed by atoms with van der Waals surface area (Å²) in [6.45, 7) is 3.09. The highest BCUT2D eigenvalue weighted by Gasteiger charge is 2.35. The fourth-order valence-electron chi connectivity index (χ4n) is 2.80. The molecule has 0 radical (unpaired) electrons. The molecule has 26 heavy (non-hydrogen) atoms. The quantitative estimate of drug-likeness (QED) is 0.774. The van der Waals surface area contributed by atoms with Crippen LogP contribution in [0.2, 0.25) is 0 Å². The Morgan fingerprint density at radius 3 is 2.54 bits per heavy atom. The summed E-state index contributed by atoms with van der Waals surface area (Å²) >= 11 is 0. The third-order valence-electron chi connectivity index (χ3n) is 3.94. The van der Waals surface area contributed by atoms with E-state index < -0.39 is 11.7 Å². The second kappa shape index (κ2) is 6.78. The van der Waals surface area contributed by atoms with Crippen LogP contribution in [0.25, 0.3) is 11.0 Å². The number of carbonyl (C=O) groups is 1. The van der Waals surface area contributed by atoms with Crippen LogP contribution in [0, 0.1) is 13.8 Å². The Morgan fingerprint density at radius 1 is 1.19 bits per heavy atom. The van der Waals surface area contributed by atoms with Gasteiger partial charge in [0.1, 0.15) is 6.54 Å². The predicted octanol–water partition coefficient (Wildman–Crippen LogP) is 3.38. The Balaban J connectivity index is 1.87. The molecule has 8 heteroatoms. The fraction of sp³-hybridized carbons (Fsp3) is 0.278. The Hall–Kier alpha value is -2.90. The van der Waals surface area contributed by atoms with Crippen LogP contribution in [-0.4, -0.2) is 20.7 Å². The monoisotopic (exact) mass is 362 g/mol. The maximum atomic E-state index is 13.3. The van der Waals surface area contributed by atoms with Gasteiger partial charge in [-0.3, -0.25) is 4.79 Å². The van der Waals surface area contributed by atoms with E-state index in [1.807, 2.05) is 30.3 Å². The van der Waals surface area contributed by atoms with Crippen molar-refractivity contribution in [2.75, 3.05) is 0 Å². The third-order valence-corrected chi connectivity index (χ3v) is 3.94. The van der Waals surface area contributed by atoms with Gasteiger partial charge >= 0.3 is 6.18 Å². The molecule has 2 aromatic heterocycles. The number of nitrogens with zero attached hydrogens (tertiary/aromatic N) is 3. The summed E-state index contributed by atoms with van der Waals surface area (Å²) in [5.74, 6) is -0.352. The highest BCUT2D eigenvalue weighted by molar-refractivity contribution is 5.85. The molecule has 0 aliphatic heterocycles. The van der Waals surface area contributed by atoms with Crippen molar-refractivity contribution in [3.05, 3.63) is 58.9 Å². The smallest absolute Gasteiger partial charge is 0.350 e. The first-order chi connectivity index (χ1) is 12.3. The largest absolute Gasteiger partial charge is 0.417 e. The van der Waals surface area contributed by atoms with Crippen LogP contribution < -0.4 is 5.32 Å². The lowest BCUT2D eigenvalue weighted by Gasteiger charge is -2.10. The highest BCUT2D eigenvalue weighted by Crippen LogP contribution is 2.36. The molecule has 2 heterocycles. The highest BCUT2D eigenvalue weighted by atomic mass is 19.4. The zero-order valence-corrected chi connectivity index (χ0v) is 14.3. The van der Waals surface area contributed by atoms with Crippen molar-refractivity contribution in [2.24, 2.45) is 0 Å². The van der Waals surface area contributed by atoms with E-state index in [9.17, 15) is 18.0 Å². The van der Waals surface area contributed by atoms with Crippen molar-refractivity contribution in [3.8, 4) is 0 Å². The molecule has 0 atom stereocenters. The first-order valence-electron chi connectivity index (χ1n) is 7.98. The molecule has 0 fully saturated rings. The number of halogens is 3. The number of aromatic nitrogens is 3. The summed E-state index contributed by atoms with van der Waals surface area (Å²) < 4.78 is 41.2. The molecule has 5 nitrogen and oxygen atoms in total. The average molecular weight is 362 g/mol. The number of hydrogen-bond donors (Lipinski definition) is 1. The number of rotatable bonds is 4. The van der Waals surface area contributed by atoms with E-state index in [-0.39, 0.29) is 34.9 Å². The maximum absolute atomic E-state index is 13.3. The van der Waals surface area contributed by atoms with E-state index in [1.165, 1.54) is 18.5 Å². The zero-order valence-electron chi connectivity index (χ0n) is 14.3. The number of hydrogen-bond acceptors (Lipinski definition) is 3. The molecule has 0 saturated carbocycles. The van der Waals surface area contributed by atoms with Crippen LogP contribution in [-0.2, 0) is 24.1 Å². The third kappa shape index (κ3) is 3.68. The molecule has 3 rings (SSSR count). The number of carbonyl (C=O) groups excluding carboxylic acids is 1. The fourth-order valence-corrected chi connectivity index (χ4v) is 2.80. The van der Waals surface area contributed by atoms with Crippen LogP contribution in [0.1, 0.15) is 22.5 Å². The molecular weight excluding hydrogens is 345 g/mol. The van der Waals surface area contributed by atoms with Crippen molar-refractivity contribution in [2.45, 2.75) is 33.1 Å². The summed E-state index contributed by atoms with van der Waals surface area (Å²) in [6, 6.07) is 10.3. The van der Waals surface area contributed by atoms with Crippen molar-refractivity contribution in [3.63, 3.8) is 0 Å². The number of amides is 1. The van der Waals surface area contributed by atoms with Gasteiger partial charge in [0.15, 0.2) is 5.65 Å². The predicted molar refractivity (Wildman–Crippen MR) is 90.3 cm³/mol. The van der Waals surface area contributed by atoms with Crippen molar-refractivity contribution in [1.82, 2.24) is 20.1 Å². The summed E-state index contributed by atoms with van der Waals surface area (Å²) in [4.78, 5) is 16.3. The number of alkyl halides is 3. The molecule has 1 N–H and O–H groups in total. The number of benzene rings is 1. The van der Waals surface area contributed by atoms with Gasteiger partial charge in [-0.15, -0.1) is 0 Å². The molecule has 0 saturated heterocycles. The van der Waals surface area contributed by atoms with Gasteiger partial charge in [-0.1, -0.05) is 30.3 Å². The van der Waals surface area contributed by atoms with E-state index >= 15 is 0 Å². The first-order valence-corrected chi connectivity index (χ1v) is 7.98. The van der Waals surface area contributed by atoms with Gasteiger partial charge in [-0.05, 0) is 25.5 Å². The van der Waals surface area contributed by atoms with E-state index in [0.717, 1.165) is 11.6 Å². The van der Waals surface area contributed by atoms with Crippen LogP contribution in [0.15, 0.2) is 36.4 Å². The lowest BCUT2D eigenvalue weighted by Crippen LogP contribution is -2.27.